The van der Waals surface area contributed by atoms with Crippen molar-refractivity contribution in [3.05, 3.63) is 88.5 Å². The number of fused-ring (bicyclic) bond motifs is 1. The van der Waals surface area contributed by atoms with E-state index < -0.39 is 27.9 Å². The normalized spacial score (nSPS) is 19.9. The van der Waals surface area contributed by atoms with Crippen molar-refractivity contribution in [1.29, 1.82) is 0 Å². The zero-order valence-corrected chi connectivity index (χ0v) is 23.5. The Morgan fingerprint density at radius 2 is 1.85 bits per heavy atom. The third-order valence-electron chi connectivity index (χ3n) is 6.95. The summed E-state index contributed by atoms with van der Waals surface area (Å²) in [5.74, 6) is 6.72. The summed E-state index contributed by atoms with van der Waals surface area (Å²) in [5.41, 5.74) is 1.08. The smallest absolute Gasteiger partial charge is 0.440 e. The van der Waals surface area contributed by atoms with Gasteiger partial charge in [0.05, 0.1) is 17.6 Å². The van der Waals surface area contributed by atoms with E-state index in [0.29, 0.717) is 23.8 Å². The number of ether oxygens (including phenoxy) is 3. The largest absolute Gasteiger partial charge is 0.489 e. The molecule has 10 nitrogen and oxygen atoms in total. The molecule has 2 aliphatic rings. The Kier molecular flexibility index (Phi) is 9.52. The quantitative estimate of drug-likeness (QED) is 0.166. The SMILES string of the molecule is CCC[C@@H](Cc1ccc(OCc2ccccc2)cc1)C12CC(S(=O)(=O)OC(=O)N(N)C[C@@H](C)O)=CC=C1OCO2. The Morgan fingerprint density at radius 1 is 1.12 bits per heavy atom. The Balaban J connectivity index is 1.48. The Morgan fingerprint density at radius 3 is 2.52 bits per heavy atom. The summed E-state index contributed by atoms with van der Waals surface area (Å²) < 4.78 is 48.7. The number of nitrogens with two attached hydrogens (primary N) is 1. The molecule has 1 amide bonds. The lowest BCUT2D eigenvalue weighted by atomic mass is 9.75. The van der Waals surface area contributed by atoms with E-state index in [-0.39, 0.29) is 30.6 Å². The molecule has 1 aliphatic carbocycles. The van der Waals surface area contributed by atoms with Crippen molar-refractivity contribution < 1.29 is 36.7 Å². The van der Waals surface area contributed by atoms with Crippen LogP contribution in [0.15, 0.2) is 77.4 Å². The van der Waals surface area contributed by atoms with Gasteiger partial charge in [0.15, 0.2) is 6.79 Å². The molecule has 1 unspecified atom stereocenters. The van der Waals surface area contributed by atoms with Gasteiger partial charge in [0.1, 0.15) is 23.7 Å². The van der Waals surface area contributed by atoms with Crippen LogP contribution in [-0.2, 0) is 36.8 Å². The predicted octanol–water partition coefficient (Wildman–Crippen LogP) is 4.16. The predicted molar refractivity (Wildman–Crippen MR) is 148 cm³/mol. The van der Waals surface area contributed by atoms with Gasteiger partial charge in [-0.25, -0.2) is 15.6 Å². The van der Waals surface area contributed by atoms with E-state index in [0.717, 1.165) is 29.7 Å². The average Bonchev–Trinajstić information content (AvgIpc) is 3.37. The number of aliphatic hydroxyl groups is 1. The molecular weight excluding hydrogens is 536 g/mol. The molecule has 216 valence electrons. The van der Waals surface area contributed by atoms with Gasteiger partial charge in [0, 0.05) is 6.42 Å². The molecule has 1 heterocycles. The lowest BCUT2D eigenvalue weighted by Gasteiger charge is -2.37. The number of benzene rings is 2. The highest BCUT2D eigenvalue weighted by Gasteiger charge is 2.51. The first-order valence-corrected chi connectivity index (χ1v) is 14.7. The minimum absolute atomic E-state index is 0.00969. The number of allylic oxidation sites excluding steroid dienone is 2. The maximum Gasteiger partial charge on any atom is 0.440 e. The maximum atomic E-state index is 13.1. The fraction of sp³-hybridized carbons (Fsp3) is 0.414. The highest BCUT2D eigenvalue weighted by atomic mass is 32.2. The highest BCUT2D eigenvalue weighted by molar-refractivity contribution is 7.91. The van der Waals surface area contributed by atoms with Gasteiger partial charge in [0.25, 0.3) is 0 Å². The second-order valence-electron chi connectivity index (χ2n) is 10.0. The Labute approximate surface area is 235 Å². The molecule has 3 N–H and O–H groups in total. The second kappa shape index (κ2) is 12.9. The van der Waals surface area contributed by atoms with Gasteiger partial charge in [-0.2, -0.15) is 8.42 Å². The molecule has 0 spiro atoms. The Hall–Kier alpha value is -3.38. The van der Waals surface area contributed by atoms with E-state index in [1.165, 1.54) is 13.0 Å². The minimum atomic E-state index is -4.48. The van der Waals surface area contributed by atoms with E-state index in [2.05, 4.69) is 6.92 Å². The summed E-state index contributed by atoms with van der Waals surface area (Å²) in [6, 6.07) is 17.7. The van der Waals surface area contributed by atoms with E-state index in [9.17, 15) is 18.3 Å². The van der Waals surface area contributed by atoms with Gasteiger partial charge in [-0.15, -0.1) is 0 Å². The summed E-state index contributed by atoms with van der Waals surface area (Å²) in [7, 11) is -4.48. The summed E-state index contributed by atoms with van der Waals surface area (Å²) in [6.07, 6.45) is 2.82. The number of rotatable bonds is 12. The summed E-state index contributed by atoms with van der Waals surface area (Å²) in [5, 5.41) is 9.96. The molecule has 4 rings (SSSR count). The van der Waals surface area contributed by atoms with Gasteiger partial charge >= 0.3 is 16.2 Å². The van der Waals surface area contributed by atoms with Crippen molar-refractivity contribution in [2.75, 3.05) is 13.3 Å². The van der Waals surface area contributed by atoms with Crippen LogP contribution in [-0.4, -0.2) is 49.7 Å². The fourth-order valence-corrected chi connectivity index (χ4v) is 6.01. The first-order valence-electron chi connectivity index (χ1n) is 13.3. The van der Waals surface area contributed by atoms with Crippen LogP contribution in [0.2, 0.25) is 0 Å². The highest BCUT2D eigenvalue weighted by Crippen LogP contribution is 2.47. The van der Waals surface area contributed by atoms with E-state index in [4.69, 9.17) is 24.2 Å². The number of carbonyl (C=O) groups is 1. The molecule has 0 saturated carbocycles. The van der Waals surface area contributed by atoms with E-state index in [1.807, 2.05) is 54.6 Å². The van der Waals surface area contributed by atoms with Crippen molar-refractivity contribution in [2.45, 2.75) is 57.8 Å². The number of hydrogen-bond donors (Lipinski definition) is 2. The number of carbonyl (C=O) groups excluding carboxylic acids is 1. The lowest BCUT2D eigenvalue weighted by Crippen LogP contribution is -2.45. The molecule has 1 aliphatic heterocycles. The van der Waals surface area contributed by atoms with Gasteiger partial charge in [0.2, 0.25) is 0 Å². The van der Waals surface area contributed by atoms with Gasteiger partial charge in [-0.3, -0.25) is 0 Å². The number of hydrazine groups is 1. The van der Waals surface area contributed by atoms with Crippen molar-refractivity contribution in [1.82, 2.24) is 5.01 Å². The van der Waals surface area contributed by atoms with Crippen LogP contribution in [0, 0.1) is 5.92 Å². The average molecular weight is 573 g/mol. The number of aliphatic hydroxyl groups excluding tert-OH is 1. The van der Waals surface area contributed by atoms with Crippen molar-refractivity contribution in [3.63, 3.8) is 0 Å². The first-order chi connectivity index (χ1) is 19.1. The third-order valence-corrected chi connectivity index (χ3v) is 8.24. The lowest BCUT2D eigenvalue weighted by molar-refractivity contribution is -0.0437. The van der Waals surface area contributed by atoms with Crippen molar-refractivity contribution in [2.24, 2.45) is 11.8 Å². The molecule has 11 heteroatoms. The molecule has 1 saturated heterocycles. The number of nitrogens with zero attached hydrogens (tertiary/aromatic N) is 1. The van der Waals surface area contributed by atoms with Crippen LogP contribution in [0.3, 0.4) is 0 Å². The minimum Gasteiger partial charge on any atom is -0.489 e. The molecule has 2 aromatic rings. The van der Waals surface area contributed by atoms with Crippen molar-refractivity contribution >= 4 is 16.2 Å². The van der Waals surface area contributed by atoms with Crippen LogP contribution < -0.4 is 10.6 Å². The van der Waals surface area contributed by atoms with Crippen LogP contribution in [0.25, 0.3) is 0 Å². The van der Waals surface area contributed by atoms with E-state index in [1.54, 1.807) is 6.08 Å². The molecule has 0 aromatic heterocycles. The number of hydrogen-bond acceptors (Lipinski definition) is 9. The first kappa shape index (κ1) is 29.6. The number of amides is 1. The molecule has 0 bridgehead atoms. The fourth-order valence-electron chi connectivity index (χ4n) is 4.99. The van der Waals surface area contributed by atoms with Crippen LogP contribution >= 0.6 is 0 Å². The standard InChI is InChI=1S/C29H36N2O8S/c1-3-7-24(16-22-10-12-25(13-11-22)36-19-23-8-5-4-6-9-23)29-17-26(14-15-27(29)37-20-38-29)40(34,35)39-28(33)31(30)18-21(2)32/h4-6,8-15,21,24,32H,3,7,16-20,30H2,1-2H3/t21-,24+,29?/m1/s1. The third kappa shape index (κ3) is 7.03. The zero-order chi connectivity index (χ0) is 28.8. The van der Waals surface area contributed by atoms with Gasteiger partial charge in [-0.05, 0) is 61.1 Å². The molecular formula is C29H36N2O8S. The summed E-state index contributed by atoms with van der Waals surface area (Å²) in [4.78, 5) is 12.1. The van der Waals surface area contributed by atoms with Crippen LogP contribution in [0.4, 0.5) is 4.79 Å². The Bertz CT molecular complexity index is 1330. The second-order valence-corrected chi connectivity index (χ2v) is 11.6. The van der Waals surface area contributed by atoms with Gasteiger partial charge < -0.3 is 23.5 Å². The van der Waals surface area contributed by atoms with Crippen LogP contribution in [0.5, 0.6) is 5.75 Å². The molecule has 1 fully saturated rings. The zero-order valence-electron chi connectivity index (χ0n) is 22.7. The topological polar surface area (TPSA) is 138 Å². The monoisotopic (exact) mass is 572 g/mol. The molecule has 0 radical (unpaired) electrons. The molecule has 2 aromatic carbocycles. The van der Waals surface area contributed by atoms with Crippen molar-refractivity contribution in [3.8, 4) is 5.75 Å². The van der Waals surface area contributed by atoms with Gasteiger partial charge in [-0.1, -0.05) is 55.8 Å². The maximum absolute atomic E-state index is 13.1. The summed E-state index contributed by atoms with van der Waals surface area (Å²) in [6.45, 7) is 3.64. The van der Waals surface area contributed by atoms with Crippen LogP contribution in [0.1, 0.15) is 44.2 Å². The van der Waals surface area contributed by atoms with E-state index >= 15 is 0 Å². The molecule has 3 atom stereocenters. The molecule has 40 heavy (non-hydrogen) atoms. The summed E-state index contributed by atoms with van der Waals surface area (Å²) >= 11 is 0.